The van der Waals surface area contributed by atoms with Crippen LogP contribution in [0.2, 0.25) is 0 Å². The molecule has 2 rings (SSSR count). The maximum atomic E-state index is 10.0. The van der Waals surface area contributed by atoms with Crippen LogP contribution in [0.15, 0.2) is 0 Å². The van der Waals surface area contributed by atoms with Gasteiger partial charge < -0.3 is 24.6 Å². The average molecular weight is 301 g/mol. The molecule has 21 heavy (non-hydrogen) atoms. The van der Waals surface area contributed by atoms with Crippen molar-refractivity contribution in [1.29, 1.82) is 0 Å². The number of hydrogen-bond acceptors (Lipinski definition) is 5. The summed E-state index contributed by atoms with van der Waals surface area (Å²) in [5.74, 6) is 0.617. The summed E-state index contributed by atoms with van der Waals surface area (Å²) in [6.07, 6.45) is 5.70. The lowest BCUT2D eigenvalue weighted by Crippen LogP contribution is -2.45. The molecular weight excluding hydrogens is 270 g/mol. The lowest BCUT2D eigenvalue weighted by atomic mass is 9.88. The molecule has 2 aliphatic rings. The summed E-state index contributed by atoms with van der Waals surface area (Å²) in [5, 5.41) is 13.3. The summed E-state index contributed by atoms with van der Waals surface area (Å²) in [4.78, 5) is 0. The fraction of sp³-hybridized carbons (Fsp3) is 1.00. The van der Waals surface area contributed by atoms with Crippen LogP contribution in [0, 0.1) is 5.92 Å². The molecule has 0 aromatic rings. The minimum atomic E-state index is -0.463. The molecule has 0 aromatic carbocycles. The summed E-state index contributed by atoms with van der Waals surface area (Å²) in [7, 11) is 1.72. The largest absolute Gasteiger partial charge is 0.389 e. The highest BCUT2D eigenvalue weighted by Crippen LogP contribution is 2.26. The summed E-state index contributed by atoms with van der Waals surface area (Å²) in [5.41, 5.74) is -0.224. The molecule has 0 aromatic heterocycles. The molecule has 0 amide bonds. The van der Waals surface area contributed by atoms with Crippen LogP contribution >= 0.6 is 0 Å². The normalized spacial score (nSPS) is 35.0. The first kappa shape index (κ1) is 17.2. The summed E-state index contributed by atoms with van der Waals surface area (Å²) in [6, 6.07) is 0. The Morgan fingerprint density at radius 1 is 1.38 bits per heavy atom. The third kappa shape index (κ3) is 5.18. The molecule has 1 saturated heterocycles. The Labute approximate surface area is 128 Å². The van der Waals surface area contributed by atoms with Crippen LogP contribution in [0.3, 0.4) is 0 Å². The smallest absolute Gasteiger partial charge is 0.106 e. The van der Waals surface area contributed by atoms with E-state index >= 15 is 0 Å². The molecule has 5 nitrogen and oxygen atoms in total. The van der Waals surface area contributed by atoms with Crippen molar-refractivity contribution in [2.45, 2.75) is 56.8 Å². The van der Waals surface area contributed by atoms with Crippen molar-refractivity contribution in [2.75, 3.05) is 40.0 Å². The van der Waals surface area contributed by atoms with Gasteiger partial charge >= 0.3 is 0 Å². The van der Waals surface area contributed by atoms with Crippen molar-refractivity contribution >= 4 is 0 Å². The fourth-order valence-corrected chi connectivity index (χ4v) is 3.25. The van der Waals surface area contributed by atoms with Gasteiger partial charge in [-0.15, -0.1) is 0 Å². The lowest BCUT2D eigenvalue weighted by Gasteiger charge is -2.30. The number of aliphatic hydroxyl groups excluding tert-OH is 1. The fourth-order valence-electron chi connectivity index (χ4n) is 3.25. The van der Waals surface area contributed by atoms with Gasteiger partial charge in [-0.2, -0.15) is 0 Å². The molecule has 1 saturated carbocycles. The van der Waals surface area contributed by atoms with Gasteiger partial charge in [0.25, 0.3) is 0 Å². The Morgan fingerprint density at radius 2 is 2.19 bits per heavy atom. The maximum Gasteiger partial charge on any atom is 0.106 e. The van der Waals surface area contributed by atoms with Crippen molar-refractivity contribution in [1.82, 2.24) is 5.32 Å². The van der Waals surface area contributed by atoms with Crippen LogP contribution in [0.1, 0.15) is 39.0 Å². The monoisotopic (exact) mass is 301 g/mol. The highest BCUT2D eigenvalue weighted by atomic mass is 16.5. The van der Waals surface area contributed by atoms with Gasteiger partial charge in [0.1, 0.15) is 5.60 Å². The molecule has 4 unspecified atom stereocenters. The van der Waals surface area contributed by atoms with E-state index in [1.807, 2.05) is 0 Å². The molecule has 1 aliphatic carbocycles. The van der Waals surface area contributed by atoms with Crippen LogP contribution in [-0.2, 0) is 14.2 Å². The molecule has 4 atom stereocenters. The predicted octanol–water partition coefficient (Wildman–Crippen LogP) is 1.34. The minimum Gasteiger partial charge on any atom is -0.389 e. The maximum absolute atomic E-state index is 10.0. The van der Waals surface area contributed by atoms with Gasteiger partial charge in [0, 0.05) is 33.2 Å². The Bertz CT molecular complexity index is 294. The summed E-state index contributed by atoms with van der Waals surface area (Å²) < 4.78 is 16.8. The van der Waals surface area contributed by atoms with E-state index in [0.29, 0.717) is 38.3 Å². The van der Waals surface area contributed by atoms with E-state index in [1.54, 1.807) is 7.11 Å². The minimum absolute atomic E-state index is 0.224. The molecular formula is C16H31NO4. The molecule has 1 aliphatic heterocycles. The quantitative estimate of drug-likeness (QED) is 0.708. The van der Waals surface area contributed by atoms with Crippen LogP contribution in [0.25, 0.3) is 0 Å². The third-order valence-corrected chi connectivity index (χ3v) is 4.86. The second kappa shape index (κ2) is 8.44. The van der Waals surface area contributed by atoms with Crippen LogP contribution in [0.4, 0.5) is 0 Å². The standard InChI is InChI=1S/C16H31NO4/c1-13-5-3-4-6-15(13)21-10-14(18)9-17-11-16(19-2)7-8-20-12-16/h13-15,17-18H,3-12H2,1-2H3. The van der Waals surface area contributed by atoms with Crippen molar-refractivity contribution in [3.8, 4) is 0 Å². The third-order valence-electron chi connectivity index (χ3n) is 4.86. The summed E-state index contributed by atoms with van der Waals surface area (Å²) in [6.45, 7) is 5.28. The SMILES string of the molecule is COC1(CNCC(O)COC2CCCCC2C)CCOC1. The molecule has 2 N–H and O–H groups in total. The van der Waals surface area contributed by atoms with Crippen LogP contribution in [-0.4, -0.2) is 62.9 Å². The van der Waals surface area contributed by atoms with E-state index in [1.165, 1.54) is 19.3 Å². The zero-order chi connectivity index (χ0) is 15.1. The van der Waals surface area contributed by atoms with Crippen molar-refractivity contribution in [3.05, 3.63) is 0 Å². The molecule has 0 spiro atoms. The van der Waals surface area contributed by atoms with Crippen molar-refractivity contribution in [3.63, 3.8) is 0 Å². The van der Waals surface area contributed by atoms with Gasteiger partial charge in [0.15, 0.2) is 0 Å². The van der Waals surface area contributed by atoms with Gasteiger partial charge in [-0.25, -0.2) is 0 Å². The van der Waals surface area contributed by atoms with Gasteiger partial charge in [-0.05, 0) is 18.8 Å². The van der Waals surface area contributed by atoms with Crippen molar-refractivity contribution in [2.24, 2.45) is 5.92 Å². The average Bonchev–Trinajstić information content (AvgIpc) is 2.96. The van der Waals surface area contributed by atoms with E-state index in [0.717, 1.165) is 19.4 Å². The summed E-state index contributed by atoms with van der Waals surface area (Å²) >= 11 is 0. The first-order valence-electron chi connectivity index (χ1n) is 8.28. The molecule has 0 bridgehead atoms. The van der Waals surface area contributed by atoms with E-state index in [-0.39, 0.29) is 5.60 Å². The Balaban J connectivity index is 1.60. The van der Waals surface area contributed by atoms with Gasteiger partial charge in [0.05, 0.1) is 25.4 Å². The zero-order valence-electron chi connectivity index (χ0n) is 13.5. The highest BCUT2D eigenvalue weighted by Gasteiger charge is 2.34. The number of hydrogen-bond donors (Lipinski definition) is 2. The van der Waals surface area contributed by atoms with Crippen molar-refractivity contribution < 1.29 is 19.3 Å². The van der Waals surface area contributed by atoms with Gasteiger partial charge in [-0.1, -0.05) is 19.8 Å². The molecule has 5 heteroatoms. The van der Waals surface area contributed by atoms with Gasteiger partial charge in [0.2, 0.25) is 0 Å². The number of ether oxygens (including phenoxy) is 3. The number of aliphatic hydroxyl groups is 1. The highest BCUT2D eigenvalue weighted by molar-refractivity contribution is 4.87. The first-order chi connectivity index (χ1) is 10.2. The molecule has 2 fully saturated rings. The number of rotatable bonds is 8. The first-order valence-corrected chi connectivity index (χ1v) is 8.28. The van der Waals surface area contributed by atoms with Crippen LogP contribution in [0.5, 0.6) is 0 Å². The Hall–Kier alpha value is -0.200. The zero-order valence-corrected chi connectivity index (χ0v) is 13.5. The van der Waals surface area contributed by atoms with E-state index in [9.17, 15) is 5.11 Å². The molecule has 1 heterocycles. The van der Waals surface area contributed by atoms with Gasteiger partial charge in [-0.3, -0.25) is 0 Å². The Kier molecular flexibility index (Phi) is 6.89. The molecule has 124 valence electrons. The second-order valence-electron chi connectivity index (χ2n) is 6.61. The Morgan fingerprint density at radius 3 is 2.86 bits per heavy atom. The number of nitrogens with one attached hydrogen (secondary N) is 1. The lowest BCUT2D eigenvalue weighted by molar-refractivity contribution is -0.0487. The topological polar surface area (TPSA) is 60.0 Å². The second-order valence-corrected chi connectivity index (χ2v) is 6.61. The predicted molar refractivity (Wildman–Crippen MR) is 81.4 cm³/mol. The van der Waals surface area contributed by atoms with E-state index in [2.05, 4.69) is 12.2 Å². The van der Waals surface area contributed by atoms with E-state index < -0.39 is 6.10 Å². The number of methoxy groups -OCH3 is 1. The molecule has 0 radical (unpaired) electrons. The van der Waals surface area contributed by atoms with Crippen LogP contribution < -0.4 is 5.32 Å². The van der Waals surface area contributed by atoms with E-state index in [4.69, 9.17) is 14.2 Å².